The van der Waals surface area contributed by atoms with Crippen molar-refractivity contribution in [3.63, 3.8) is 0 Å². The van der Waals surface area contributed by atoms with E-state index in [0.717, 1.165) is 34.6 Å². The zero-order chi connectivity index (χ0) is 13.8. The van der Waals surface area contributed by atoms with Gasteiger partial charge in [-0.25, -0.2) is 0 Å². The highest BCUT2D eigenvalue weighted by atomic mass is 79.9. The molecule has 0 radical (unpaired) electrons. The van der Waals surface area contributed by atoms with E-state index in [9.17, 15) is 0 Å². The number of rotatable bonds is 5. The monoisotopic (exact) mass is 342 g/mol. The van der Waals surface area contributed by atoms with E-state index in [2.05, 4.69) is 28.0 Å². The van der Waals surface area contributed by atoms with Crippen LogP contribution in [0.4, 0.5) is 0 Å². The van der Waals surface area contributed by atoms with Crippen molar-refractivity contribution in [2.24, 2.45) is 0 Å². The predicted molar refractivity (Wildman–Crippen MR) is 81.1 cm³/mol. The van der Waals surface area contributed by atoms with Crippen molar-refractivity contribution in [2.75, 3.05) is 0 Å². The number of halogens is 2. The van der Waals surface area contributed by atoms with Crippen LogP contribution in [0.15, 0.2) is 24.3 Å². The average Bonchev–Trinajstić information content (AvgIpc) is 2.77. The van der Waals surface area contributed by atoms with Crippen molar-refractivity contribution in [1.82, 2.24) is 9.78 Å². The molecule has 0 saturated heterocycles. The molecule has 0 atom stereocenters. The Labute approximate surface area is 126 Å². The summed E-state index contributed by atoms with van der Waals surface area (Å²) in [5.41, 5.74) is 3.10. The fraction of sp³-hybridized carbons (Fsp3) is 0.357. The van der Waals surface area contributed by atoms with Gasteiger partial charge in [0.15, 0.2) is 0 Å². The van der Waals surface area contributed by atoms with E-state index in [1.807, 2.05) is 35.9 Å². The SMILES string of the molecule is CCn1nc(C)cc1COc1c(Cl)cccc1CBr. The first kappa shape index (κ1) is 14.4. The zero-order valence-electron chi connectivity index (χ0n) is 11.0. The van der Waals surface area contributed by atoms with Crippen molar-refractivity contribution in [2.45, 2.75) is 32.3 Å². The molecule has 3 nitrogen and oxygen atoms in total. The third-order valence-corrected chi connectivity index (χ3v) is 3.74. The maximum Gasteiger partial charge on any atom is 0.142 e. The average molecular weight is 344 g/mol. The van der Waals surface area contributed by atoms with Crippen LogP contribution < -0.4 is 4.74 Å². The Morgan fingerprint density at radius 3 is 2.89 bits per heavy atom. The number of aromatic nitrogens is 2. The molecule has 0 spiro atoms. The van der Waals surface area contributed by atoms with E-state index in [0.29, 0.717) is 11.6 Å². The summed E-state index contributed by atoms with van der Waals surface area (Å²) in [6, 6.07) is 7.80. The first-order chi connectivity index (χ1) is 9.15. The Kier molecular flexibility index (Phi) is 4.88. The molecule has 0 unspecified atom stereocenters. The second-order valence-corrected chi connectivity index (χ2v) is 5.21. The molecule has 5 heteroatoms. The molecular formula is C14H16BrClN2O. The molecule has 1 aromatic heterocycles. The Hall–Kier alpha value is -1.000. The van der Waals surface area contributed by atoms with Gasteiger partial charge < -0.3 is 4.74 Å². The van der Waals surface area contributed by atoms with Gasteiger partial charge in [-0.15, -0.1) is 0 Å². The van der Waals surface area contributed by atoms with Crippen molar-refractivity contribution >= 4 is 27.5 Å². The quantitative estimate of drug-likeness (QED) is 0.755. The second kappa shape index (κ2) is 6.44. The van der Waals surface area contributed by atoms with Crippen LogP contribution in [0, 0.1) is 6.92 Å². The number of benzene rings is 1. The lowest BCUT2D eigenvalue weighted by Crippen LogP contribution is -2.07. The lowest BCUT2D eigenvalue weighted by atomic mass is 10.2. The largest absolute Gasteiger partial charge is 0.485 e. The molecule has 2 aromatic rings. The molecule has 0 N–H and O–H groups in total. The number of para-hydroxylation sites is 1. The highest BCUT2D eigenvalue weighted by molar-refractivity contribution is 9.08. The summed E-state index contributed by atoms with van der Waals surface area (Å²) < 4.78 is 7.82. The van der Waals surface area contributed by atoms with Crippen LogP contribution >= 0.6 is 27.5 Å². The van der Waals surface area contributed by atoms with Gasteiger partial charge in [-0.1, -0.05) is 39.7 Å². The lowest BCUT2D eigenvalue weighted by molar-refractivity contribution is 0.290. The van der Waals surface area contributed by atoms with E-state index in [4.69, 9.17) is 16.3 Å². The van der Waals surface area contributed by atoms with Crippen LogP contribution in [0.25, 0.3) is 0 Å². The summed E-state index contributed by atoms with van der Waals surface area (Å²) in [6.45, 7) is 5.35. The molecule has 0 amide bonds. The molecule has 0 saturated carbocycles. The van der Waals surface area contributed by atoms with Crippen molar-refractivity contribution in [3.8, 4) is 5.75 Å². The van der Waals surface area contributed by atoms with Gasteiger partial charge in [0.25, 0.3) is 0 Å². The van der Waals surface area contributed by atoms with Crippen LogP contribution in [-0.4, -0.2) is 9.78 Å². The van der Waals surface area contributed by atoms with E-state index < -0.39 is 0 Å². The van der Waals surface area contributed by atoms with Gasteiger partial charge in [0.2, 0.25) is 0 Å². The van der Waals surface area contributed by atoms with Gasteiger partial charge in [-0.2, -0.15) is 5.10 Å². The maximum absolute atomic E-state index is 6.19. The standard InChI is InChI=1S/C14H16BrClN2O/c1-3-18-12(7-10(2)17-18)9-19-14-11(8-15)5-4-6-13(14)16/h4-7H,3,8-9H2,1-2H3. The van der Waals surface area contributed by atoms with Crippen molar-refractivity contribution in [1.29, 1.82) is 0 Å². The minimum absolute atomic E-state index is 0.471. The van der Waals surface area contributed by atoms with Gasteiger partial charge in [0.1, 0.15) is 12.4 Å². The molecule has 2 rings (SSSR count). The number of hydrogen-bond acceptors (Lipinski definition) is 2. The van der Waals surface area contributed by atoms with Crippen LogP contribution in [0.5, 0.6) is 5.75 Å². The number of hydrogen-bond donors (Lipinski definition) is 0. The third-order valence-electron chi connectivity index (χ3n) is 2.84. The zero-order valence-corrected chi connectivity index (χ0v) is 13.3. The molecule has 0 bridgehead atoms. The maximum atomic E-state index is 6.19. The minimum atomic E-state index is 0.471. The number of aryl methyl sites for hydroxylation is 2. The minimum Gasteiger partial charge on any atom is -0.485 e. The number of ether oxygens (including phenoxy) is 1. The van der Waals surface area contributed by atoms with Crippen LogP contribution in [0.2, 0.25) is 5.02 Å². The van der Waals surface area contributed by atoms with Crippen molar-refractivity contribution in [3.05, 3.63) is 46.2 Å². The molecule has 19 heavy (non-hydrogen) atoms. The fourth-order valence-electron chi connectivity index (χ4n) is 1.96. The Bertz CT molecular complexity index is 569. The topological polar surface area (TPSA) is 27.1 Å². The summed E-state index contributed by atoms with van der Waals surface area (Å²) in [5, 5.41) is 5.75. The highest BCUT2D eigenvalue weighted by Crippen LogP contribution is 2.30. The van der Waals surface area contributed by atoms with E-state index >= 15 is 0 Å². The summed E-state index contributed by atoms with van der Waals surface area (Å²) in [4.78, 5) is 0. The summed E-state index contributed by atoms with van der Waals surface area (Å²) >= 11 is 9.63. The highest BCUT2D eigenvalue weighted by Gasteiger charge is 2.10. The van der Waals surface area contributed by atoms with Gasteiger partial charge in [0, 0.05) is 17.4 Å². The Balaban J connectivity index is 2.18. The van der Waals surface area contributed by atoms with E-state index in [1.165, 1.54) is 0 Å². The summed E-state index contributed by atoms with van der Waals surface area (Å²) in [7, 11) is 0. The van der Waals surface area contributed by atoms with Crippen LogP contribution in [0.3, 0.4) is 0 Å². The van der Waals surface area contributed by atoms with Crippen LogP contribution in [-0.2, 0) is 18.5 Å². The molecule has 0 aliphatic heterocycles. The summed E-state index contributed by atoms with van der Waals surface area (Å²) in [6.07, 6.45) is 0. The smallest absolute Gasteiger partial charge is 0.142 e. The first-order valence-electron chi connectivity index (χ1n) is 6.15. The number of alkyl halides is 1. The van der Waals surface area contributed by atoms with Crippen LogP contribution in [0.1, 0.15) is 23.9 Å². The van der Waals surface area contributed by atoms with Crippen molar-refractivity contribution < 1.29 is 4.74 Å². The first-order valence-corrected chi connectivity index (χ1v) is 7.65. The normalized spacial score (nSPS) is 10.7. The molecule has 1 aromatic carbocycles. The second-order valence-electron chi connectivity index (χ2n) is 4.24. The fourth-order valence-corrected chi connectivity index (χ4v) is 2.65. The molecule has 0 aliphatic carbocycles. The van der Waals surface area contributed by atoms with Gasteiger partial charge >= 0.3 is 0 Å². The predicted octanol–water partition coefficient (Wildman–Crippen LogP) is 4.34. The van der Waals surface area contributed by atoms with Gasteiger partial charge in [-0.3, -0.25) is 4.68 Å². The third kappa shape index (κ3) is 3.31. The summed E-state index contributed by atoms with van der Waals surface area (Å²) in [5.74, 6) is 0.738. The van der Waals surface area contributed by atoms with E-state index in [1.54, 1.807) is 0 Å². The molecule has 0 aliphatic rings. The van der Waals surface area contributed by atoms with Gasteiger partial charge in [0.05, 0.1) is 16.4 Å². The molecule has 1 heterocycles. The van der Waals surface area contributed by atoms with Gasteiger partial charge in [-0.05, 0) is 26.0 Å². The van der Waals surface area contributed by atoms with E-state index in [-0.39, 0.29) is 0 Å². The molecule has 0 fully saturated rings. The Morgan fingerprint density at radius 1 is 1.42 bits per heavy atom. The molecular weight excluding hydrogens is 328 g/mol. The Morgan fingerprint density at radius 2 is 2.21 bits per heavy atom. The lowest BCUT2D eigenvalue weighted by Gasteiger charge is -2.12. The molecule has 102 valence electrons. The number of nitrogens with zero attached hydrogens (tertiary/aromatic N) is 2.